The van der Waals surface area contributed by atoms with Gasteiger partial charge in [0.05, 0.1) is 7.11 Å². The molecule has 0 unspecified atom stereocenters. The number of methoxy groups -OCH3 is 1. The zero-order chi connectivity index (χ0) is 16.9. The average Bonchev–Trinajstić information content (AvgIpc) is 2.59. The van der Waals surface area contributed by atoms with E-state index in [0.717, 1.165) is 5.56 Å². The first kappa shape index (κ1) is 15.6. The van der Waals surface area contributed by atoms with Crippen molar-refractivity contribution in [3.05, 3.63) is 76.3 Å². The van der Waals surface area contributed by atoms with Crippen LogP contribution in [0.1, 0.15) is 11.4 Å². The van der Waals surface area contributed by atoms with E-state index in [-0.39, 0.29) is 5.75 Å². The predicted octanol–water partition coefficient (Wildman–Crippen LogP) is 2.87. The van der Waals surface area contributed by atoms with E-state index in [0.29, 0.717) is 23.7 Å². The summed E-state index contributed by atoms with van der Waals surface area (Å²) in [5.41, 5.74) is 0.415. The van der Waals surface area contributed by atoms with Crippen LogP contribution in [0.15, 0.2) is 59.4 Å². The van der Waals surface area contributed by atoms with Crippen LogP contribution in [0.5, 0.6) is 23.1 Å². The fourth-order valence-electron chi connectivity index (χ4n) is 2.27. The van der Waals surface area contributed by atoms with Gasteiger partial charge in [-0.15, -0.1) is 0 Å². The van der Waals surface area contributed by atoms with E-state index in [4.69, 9.17) is 9.47 Å². The lowest BCUT2D eigenvalue weighted by atomic mass is 10.1. The predicted molar refractivity (Wildman–Crippen MR) is 88.8 cm³/mol. The lowest BCUT2D eigenvalue weighted by molar-refractivity contribution is 0.356. The van der Waals surface area contributed by atoms with Crippen LogP contribution in [-0.2, 0) is 6.42 Å². The van der Waals surface area contributed by atoms with Crippen molar-refractivity contribution in [1.29, 1.82) is 0 Å². The van der Waals surface area contributed by atoms with Crippen molar-refractivity contribution in [2.45, 2.75) is 6.42 Å². The fourth-order valence-corrected chi connectivity index (χ4v) is 2.27. The Morgan fingerprint density at radius 2 is 1.71 bits per heavy atom. The van der Waals surface area contributed by atoms with E-state index in [1.165, 1.54) is 7.11 Å². The molecule has 1 heterocycles. The summed E-state index contributed by atoms with van der Waals surface area (Å²) in [6.07, 6.45) is 0.401. The molecule has 1 aromatic heterocycles. The molecule has 0 aliphatic heterocycles. The molecular formula is C18H16N2O4. The Morgan fingerprint density at radius 3 is 2.38 bits per heavy atom. The summed E-state index contributed by atoms with van der Waals surface area (Å²) < 4.78 is 10.6. The Balaban J connectivity index is 1.89. The van der Waals surface area contributed by atoms with Gasteiger partial charge in [-0.1, -0.05) is 42.5 Å². The standard InChI is InChI=1S/C18H16N2O4/c1-23-13-9-5-6-10-14(13)24-16-17(21)19-15(20-18(16)22)11-12-7-3-2-4-8-12/h2-10H,11H2,1H3,(H2,19,20,21,22). The van der Waals surface area contributed by atoms with Gasteiger partial charge in [0.25, 0.3) is 17.2 Å². The SMILES string of the molecule is COc1ccccc1Oc1c(O)nc(Cc2ccccc2)[nH]c1=O. The zero-order valence-corrected chi connectivity index (χ0v) is 13.0. The Labute approximate surface area is 138 Å². The molecule has 0 fully saturated rings. The maximum Gasteiger partial charge on any atom is 0.298 e. The molecule has 2 N–H and O–H groups in total. The lowest BCUT2D eigenvalue weighted by Gasteiger charge is -2.10. The molecule has 0 amide bonds. The molecule has 0 atom stereocenters. The molecule has 0 saturated carbocycles. The number of para-hydroxylation sites is 2. The summed E-state index contributed by atoms with van der Waals surface area (Å²) in [5, 5.41) is 10.1. The summed E-state index contributed by atoms with van der Waals surface area (Å²) in [4.78, 5) is 18.9. The van der Waals surface area contributed by atoms with Gasteiger partial charge in [0, 0.05) is 6.42 Å². The third kappa shape index (κ3) is 3.38. The molecule has 2 aromatic carbocycles. The molecule has 24 heavy (non-hydrogen) atoms. The van der Waals surface area contributed by atoms with Crippen LogP contribution in [0.25, 0.3) is 0 Å². The van der Waals surface area contributed by atoms with Gasteiger partial charge in [0.2, 0.25) is 0 Å². The number of rotatable bonds is 5. The summed E-state index contributed by atoms with van der Waals surface area (Å²) >= 11 is 0. The van der Waals surface area contributed by atoms with Gasteiger partial charge < -0.3 is 19.6 Å². The first-order chi connectivity index (χ1) is 11.7. The van der Waals surface area contributed by atoms with Crippen LogP contribution >= 0.6 is 0 Å². The van der Waals surface area contributed by atoms with Crippen molar-refractivity contribution in [2.75, 3.05) is 7.11 Å². The maximum absolute atomic E-state index is 12.2. The minimum Gasteiger partial charge on any atom is -0.493 e. The molecular weight excluding hydrogens is 308 g/mol. The lowest BCUT2D eigenvalue weighted by Crippen LogP contribution is -2.14. The molecule has 3 aromatic rings. The van der Waals surface area contributed by atoms with Gasteiger partial charge in [0.1, 0.15) is 5.82 Å². The Hall–Kier alpha value is -3.28. The molecule has 0 aliphatic carbocycles. The van der Waals surface area contributed by atoms with Gasteiger partial charge >= 0.3 is 0 Å². The first-order valence-corrected chi connectivity index (χ1v) is 7.34. The highest BCUT2D eigenvalue weighted by atomic mass is 16.5. The van der Waals surface area contributed by atoms with Crippen LogP contribution in [0.3, 0.4) is 0 Å². The molecule has 0 radical (unpaired) electrons. The van der Waals surface area contributed by atoms with Gasteiger partial charge in [0.15, 0.2) is 11.5 Å². The number of benzene rings is 2. The maximum atomic E-state index is 12.2. The van der Waals surface area contributed by atoms with Gasteiger partial charge in [-0.25, -0.2) is 0 Å². The fraction of sp³-hybridized carbons (Fsp3) is 0.111. The molecule has 0 spiro atoms. The number of aromatic hydroxyl groups is 1. The first-order valence-electron chi connectivity index (χ1n) is 7.34. The second-order valence-electron chi connectivity index (χ2n) is 5.08. The third-order valence-corrected chi connectivity index (χ3v) is 3.40. The van der Waals surface area contributed by atoms with Crippen molar-refractivity contribution in [2.24, 2.45) is 0 Å². The minimum atomic E-state index is -0.556. The van der Waals surface area contributed by atoms with Gasteiger partial charge in [-0.05, 0) is 17.7 Å². The van der Waals surface area contributed by atoms with Crippen LogP contribution < -0.4 is 15.0 Å². The Bertz CT molecular complexity index is 891. The van der Waals surface area contributed by atoms with E-state index in [1.54, 1.807) is 24.3 Å². The third-order valence-electron chi connectivity index (χ3n) is 3.40. The van der Waals surface area contributed by atoms with Crippen molar-refractivity contribution in [3.63, 3.8) is 0 Å². The molecule has 122 valence electrons. The van der Waals surface area contributed by atoms with Gasteiger partial charge in [-0.3, -0.25) is 4.79 Å². The van der Waals surface area contributed by atoms with Crippen LogP contribution in [0.2, 0.25) is 0 Å². The molecule has 6 heteroatoms. The highest BCUT2D eigenvalue weighted by molar-refractivity contribution is 5.44. The zero-order valence-electron chi connectivity index (χ0n) is 13.0. The van der Waals surface area contributed by atoms with E-state index in [9.17, 15) is 9.90 Å². The van der Waals surface area contributed by atoms with E-state index < -0.39 is 11.4 Å². The summed E-state index contributed by atoms with van der Waals surface area (Å²) in [6.45, 7) is 0. The number of hydrogen-bond acceptors (Lipinski definition) is 5. The number of nitrogens with one attached hydrogen (secondary N) is 1. The molecule has 0 bridgehead atoms. The molecule has 6 nitrogen and oxygen atoms in total. The van der Waals surface area contributed by atoms with Gasteiger partial charge in [-0.2, -0.15) is 4.98 Å². The minimum absolute atomic E-state index is 0.267. The molecule has 0 saturated heterocycles. The highest BCUT2D eigenvalue weighted by Crippen LogP contribution is 2.32. The second kappa shape index (κ2) is 6.87. The van der Waals surface area contributed by atoms with E-state index in [2.05, 4.69) is 9.97 Å². The average molecular weight is 324 g/mol. The summed E-state index contributed by atoms with van der Waals surface area (Å²) in [5.74, 6) is 0.394. The van der Waals surface area contributed by atoms with Crippen molar-refractivity contribution in [1.82, 2.24) is 9.97 Å². The van der Waals surface area contributed by atoms with Crippen LogP contribution in [0.4, 0.5) is 0 Å². The normalized spacial score (nSPS) is 10.4. The molecule has 0 aliphatic rings. The van der Waals surface area contributed by atoms with E-state index >= 15 is 0 Å². The number of H-pyrrole nitrogens is 1. The Kier molecular flexibility index (Phi) is 4.47. The van der Waals surface area contributed by atoms with Crippen molar-refractivity contribution < 1.29 is 14.6 Å². The number of hydrogen-bond donors (Lipinski definition) is 2. The van der Waals surface area contributed by atoms with Crippen LogP contribution in [0, 0.1) is 0 Å². The van der Waals surface area contributed by atoms with Crippen molar-refractivity contribution in [3.8, 4) is 23.1 Å². The quantitative estimate of drug-likeness (QED) is 0.754. The summed E-state index contributed by atoms with van der Waals surface area (Å²) in [6, 6.07) is 16.4. The molecule has 3 rings (SSSR count). The number of aromatic amines is 1. The number of ether oxygens (including phenoxy) is 2. The largest absolute Gasteiger partial charge is 0.493 e. The van der Waals surface area contributed by atoms with Crippen molar-refractivity contribution >= 4 is 0 Å². The number of aromatic nitrogens is 2. The van der Waals surface area contributed by atoms with Crippen LogP contribution in [-0.4, -0.2) is 22.2 Å². The Morgan fingerprint density at radius 1 is 1.04 bits per heavy atom. The highest BCUT2D eigenvalue weighted by Gasteiger charge is 2.15. The second-order valence-corrected chi connectivity index (χ2v) is 5.08. The number of nitrogens with zero attached hydrogens (tertiary/aromatic N) is 1. The topological polar surface area (TPSA) is 84.4 Å². The monoisotopic (exact) mass is 324 g/mol. The smallest absolute Gasteiger partial charge is 0.298 e. The summed E-state index contributed by atoms with van der Waals surface area (Å²) in [7, 11) is 1.49. The van der Waals surface area contributed by atoms with E-state index in [1.807, 2.05) is 30.3 Å².